The zero-order valence-corrected chi connectivity index (χ0v) is 12.4. The summed E-state index contributed by atoms with van der Waals surface area (Å²) < 4.78 is 16.8. The van der Waals surface area contributed by atoms with Crippen molar-refractivity contribution < 1.29 is 8.95 Å². The SMILES string of the molecule is CS(=O)CCNCc1cccc(Oc2ccccc2)c1. The van der Waals surface area contributed by atoms with Crippen molar-refractivity contribution in [3.63, 3.8) is 0 Å². The second-order valence-corrected chi connectivity index (χ2v) is 6.07. The minimum atomic E-state index is -0.742. The Morgan fingerprint density at radius 2 is 1.80 bits per heavy atom. The van der Waals surface area contributed by atoms with Crippen LogP contribution in [-0.2, 0) is 17.3 Å². The predicted molar refractivity (Wildman–Crippen MR) is 83.6 cm³/mol. The fourth-order valence-corrected chi connectivity index (χ4v) is 2.22. The molecule has 0 bridgehead atoms. The number of hydrogen-bond acceptors (Lipinski definition) is 3. The van der Waals surface area contributed by atoms with E-state index in [0.29, 0.717) is 5.75 Å². The van der Waals surface area contributed by atoms with Crippen molar-refractivity contribution >= 4 is 10.8 Å². The lowest BCUT2D eigenvalue weighted by Gasteiger charge is -2.08. The Labute approximate surface area is 122 Å². The van der Waals surface area contributed by atoms with E-state index in [0.717, 1.165) is 30.2 Å². The molecule has 2 aromatic carbocycles. The molecule has 0 aliphatic heterocycles. The number of rotatable bonds is 7. The third-order valence-electron chi connectivity index (χ3n) is 2.77. The molecule has 0 saturated carbocycles. The van der Waals surface area contributed by atoms with Crippen LogP contribution < -0.4 is 10.1 Å². The highest BCUT2D eigenvalue weighted by atomic mass is 32.2. The van der Waals surface area contributed by atoms with Gasteiger partial charge in [0.2, 0.25) is 0 Å². The summed E-state index contributed by atoms with van der Waals surface area (Å²) >= 11 is 0. The molecular formula is C16H19NO2S. The van der Waals surface area contributed by atoms with E-state index in [1.54, 1.807) is 6.26 Å². The quantitative estimate of drug-likeness (QED) is 0.796. The average molecular weight is 289 g/mol. The molecule has 3 nitrogen and oxygen atoms in total. The van der Waals surface area contributed by atoms with Gasteiger partial charge in [-0.25, -0.2) is 0 Å². The van der Waals surface area contributed by atoms with Gasteiger partial charge in [0.05, 0.1) is 0 Å². The second kappa shape index (κ2) is 7.82. The maximum atomic E-state index is 11.0. The minimum absolute atomic E-state index is 0.681. The number of benzene rings is 2. The summed E-state index contributed by atoms with van der Waals surface area (Å²) in [5.41, 5.74) is 1.15. The lowest BCUT2D eigenvalue weighted by Crippen LogP contribution is -2.19. The van der Waals surface area contributed by atoms with Gasteiger partial charge in [-0.1, -0.05) is 30.3 Å². The minimum Gasteiger partial charge on any atom is -0.457 e. The number of hydrogen-bond donors (Lipinski definition) is 1. The Hall–Kier alpha value is -1.65. The number of nitrogens with one attached hydrogen (secondary N) is 1. The van der Waals surface area contributed by atoms with Crippen molar-refractivity contribution in [3.05, 3.63) is 60.2 Å². The van der Waals surface area contributed by atoms with Crippen LogP contribution in [0.4, 0.5) is 0 Å². The van der Waals surface area contributed by atoms with Crippen LogP contribution in [0.5, 0.6) is 11.5 Å². The molecule has 1 N–H and O–H groups in total. The molecule has 0 saturated heterocycles. The summed E-state index contributed by atoms with van der Waals surface area (Å²) in [4.78, 5) is 0. The zero-order valence-electron chi connectivity index (χ0n) is 11.5. The zero-order chi connectivity index (χ0) is 14.2. The Balaban J connectivity index is 1.89. The molecule has 0 fully saturated rings. The first-order valence-electron chi connectivity index (χ1n) is 6.56. The molecule has 0 heterocycles. The molecule has 0 aliphatic rings. The second-order valence-electron chi connectivity index (χ2n) is 4.52. The van der Waals surface area contributed by atoms with Crippen molar-refractivity contribution in [2.45, 2.75) is 6.54 Å². The Bertz CT molecular complexity index is 557. The molecule has 4 heteroatoms. The molecule has 106 valence electrons. The monoisotopic (exact) mass is 289 g/mol. The van der Waals surface area contributed by atoms with Crippen molar-refractivity contribution in [3.8, 4) is 11.5 Å². The third kappa shape index (κ3) is 5.15. The summed E-state index contributed by atoms with van der Waals surface area (Å²) in [6, 6.07) is 17.7. The van der Waals surface area contributed by atoms with E-state index in [2.05, 4.69) is 5.32 Å². The van der Waals surface area contributed by atoms with Gasteiger partial charge in [0, 0.05) is 35.9 Å². The Kier molecular flexibility index (Phi) is 5.77. The van der Waals surface area contributed by atoms with Gasteiger partial charge >= 0.3 is 0 Å². The topological polar surface area (TPSA) is 38.3 Å². The maximum absolute atomic E-state index is 11.0. The largest absolute Gasteiger partial charge is 0.457 e. The van der Waals surface area contributed by atoms with Gasteiger partial charge in [0.15, 0.2) is 0 Å². The van der Waals surface area contributed by atoms with Crippen molar-refractivity contribution in [2.75, 3.05) is 18.6 Å². The molecule has 2 aromatic rings. The van der Waals surface area contributed by atoms with E-state index in [4.69, 9.17) is 4.74 Å². The number of para-hydroxylation sites is 1. The fraction of sp³-hybridized carbons (Fsp3) is 0.250. The van der Waals surface area contributed by atoms with E-state index in [9.17, 15) is 4.21 Å². The van der Waals surface area contributed by atoms with E-state index in [1.807, 2.05) is 54.6 Å². The van der Waals surface area contributed by atoms with Gasteiger partial charge in [-0.2, -0.15) is 0 Å². The molecule has 0 aliphatic carbocycles. The third-order valence-corrected chi connectivity index (χ3v) is 3.55. The van der Waals surface area contributed by atoms with E-state index in [-0.39, 0.29) is 0 Å². The van der Waals surface area contributed by atoms with Gasteiger partial charge in [0.1, 0.15) is 11.5 Å². The first-order chi connectivity index (χ1) is 9.74. The molecule has 0 spiro atoms. The molecule has 1 unspecified atom stereocenters. The van der Waals surface area contributed by atoms with E-state index in [1.165, 1.54) is 0 Å². The van der Waals surface area contributed by atoms with E-state index < -0.39 is 10.8 Å². The highest BCUT2D eigenvalue weighted by Crippen LogP contribution is 2.21. The Morgan fingerprint density at radius 1 is 1.05 bits per heavy atom. The highest BCUT2D eigenvalue weighted by Gasteiger charge is 1.99. The predicted octanol–water partition coefficient (Wildman–Crippen LogP) is 2.95. The van der Waals surface area contributed by atoms with Gasteiger partial charge < -0.3 is 10.1 Å². The van der Waals surface area contributed by atoms with Gasteiger partial charge in [-0.15, -0.1) is 0 Å². The van der Waals surface area contributed by atoms with Crippen LogP contribution in [0.15, 0.2) is 54.6 Å². The first kappa shape index (κ1) is 14.8. The summed E-state index contributed by atoms with van der Waals surface area (Å²) in [5, 5.41) is 3.28. The van der Waals surface area contributed by atoms with Crippen molar-refractivity contribution in [1.82, 2.24) is 5.32 Å². The lowest BCUT2D eigenvalue weighted by molar-refractivity contribution is 0.481. The molecule has 20 heavy (non-hydrogen) atoms. The van der Waals surface area contributed by atoms with Gasteiger partial charge in [-0.3, -0.25) is 4.21 Å². The molecule has 2 rings (SSSR count). The summed E-state index contributed by atoms with van der Waals surface area (Å²) in [5.74, 6) is 2.34. The highest BCUT2D eigenvalue weighted by molar-refractivity contribution is 7.84. The van der Waals surface area contributed by atoms with Crippen LogP contribution >= 0.6 is 0 Å². The molecule has 0 aromatic heterocycles. The lowest BCUT2D eigenvalue weighted by atomic mass is 10.2. The van der Waals surface area contributed by atoms with Crippen molar-refractivity contribution in [1.29, 1.82) is 0 Å². The maximum Gasteiger partial charge on any atom is 0.127 e. The first-order valence-corrected chi connectivity index (χ1v) is 8.29. The van der Waals surface area contributed by atoms with Crippen LogP contribution in [0.25, 0.3) is 0 Å². The van der Waals surface area contributed by atoms with Crippen LogP contribution in [0.3, 0.4) is 0 Å². The summed E-state index contributed by atoms with van der Waals surface area (Å²) in [7, 11) is -0.742. The fourth-order valence-electron chi connectivity index (χ4n) is 1.79. The van der Waals surface area contributed by atoms with Crippen LogP contribution in [0.1, 0.15) is 5.56 Å². The van der Waals surface area contributed by atoms with Crippen LogP contribution in [-0.4, -0.2) is 22.8 Å². The van der Waals surface area contributed by atoms with Crippen LogP contribution in [0, 0.1) is 0 Å². The van der Waals surface area contributed by atoms with E-state index >= 15 is 0 Å². The smallest absolute Gasteiger partial charge is 0.127 e. The molecular weight excluding hydrogens is 270 g/mol. The normalized spacial score (nSPS) is 12.1. The summed E-state index contributed by atoms with van der Waals surface area (Å²) in [6.07, 6.45) is 1.72. The number of ether oxygens (including phenoxy) is 1. The summed E-state index contributed by atoms with van der Waals surface area (Å²) in [6.45, 7) is 1.51. The van der Waals surface area contributed by atoms with Gasteiger partial charge in [0.25, 0.3) is 0 Å². The molecule has 1 atom stereocenters. The van der Waals surface area contributed by atoms with Crippen molar-refractivity contribution in [2.24, 2.45) is 0 Å². The standard InChI is InChI=1S/C16H19NO2S/c1-20(18)11-10-17-13-14-6-5-9-16(12-14)19-15-7-3-2-4-8-15/h2-9,12,17H,10-11,13H2,1H3. The molecule has 0 radical (unpaired) electrons. The van der Waals surface area contributed by atoms with Gasteiger partial charge in [-0.05, 0) is 29.8 Å². The molecule has 0 amide bonds. The average Bonchev–Trinajstić information content (AvgIpc) is 2.45. The Morgan fingerprint density at radius 3 is 2.55 bits per heavy atom. The van der Waals surface area contributed by atoms with Crippen LogP contribution in [0.2, 0.25) is 0 Å².